The number of rotatable bonds is 4. The van der Waals surface area contributed by atoms with E-state index in [9.17, 15) is 0 Å². The molecule has 5 heteroatoms. The Morgan fingerprint density at radius 2 is 2.22 bits per heavy atom. The lowest BCUT2D eigenvalue weighted by Crippen LogP contribution is -2.37. The summed E-state index contributed by atoms with van der Waals surface area (Å²) in [6, 6.07) is 2.55. The van der Waals surface area contributed by atoms with Gasteiger partial charge in [0.15, 0.2) is 0 Å². The zero-order valence-electron chi connectivity index (χ0n) is 10.9. The summed E-state index contributed by atoms with van der Waals surface area (Å²) >= 11 is 9.47. The molecule has 2 heterocycles. The molecule has 1 aliphatic rings. The molecule has 0 aromatic carbocycles. The smallest absolute Gasteiger partial charge is 0.143 e. The van der Waals surface area contributed by atoms with Crippen molar-refractivity contribution < 1.29 is 0 Å². The summed E-state index contributed by atoms with van der Waals surface area (Å²) in [6.07, 6.45) is 2.92. The van der Waals surface area contributed by atoms with E-state index in [1.807, 2.05) is 6.07 Å². The van der Waals surface area contributed by atoms with Crippen molar-refractivity contribution in [3.63, 3.8) is 0 Å². The van der Waals surface area contributed by atoms with Gasteiger partial charge in [-0.05, 0) is 41.5 Å². The minimum absolute atomic E-state index is 0.643. The van der Waals surface area contributed by atoms with Crippen LogP contribution in [0, 0.1) is 0 Å². The van der Waals surface area contributed by atoms with Gasteiger partial charge in [-0.25, -0.2) is 4.98 Å². The molecule has 1 saturated heterocycles. The van der Waals surface area contributed by atoms with Gasteiger partial charge < -0.3 is 4.90 Å². The minimum atomic E-state index is 0.643. The molecule has 100 valence electrons. The van der Waals surface area contributed by atoms with Crippen molar-refractivity contribution in [2.45, 2.75) is 26.3 Å². The predicted octanol–water partition coefficient (Wildman–Crippen LogP) is 3.42. The van der Waals surface area contributed by atoms with E-state index >= 15 is 0 Å². The first kappa shape index (κ1) is 14.1. The first-order valence-electron chi connectivity index (χ1n) is 6.45. The number of likely N-dealkylation sites (N-methyl/N-ethyl adjacent to an activating group) is 1. The second kappa shape index (κ2) is 6.22. The van der Waals surface area contributed by atoms with Crippen LogP contribution in [0.5, 0.6) is 0 Å². The van der Waals surface area contributed by atoms with Gasteiger partial charge in [0.2, 0.25) is 0 Å². The van der Waals surface area contributed by atoms with Crippen LogP contribution in [0.3, 0.4) is 0 Å². The minimum Gasteiger partial charge on any atom is -0.354 e. The molecule has 1 atom stereocenters. The fourth-order valence-electron chi connectivity index (χ4n) is 2.61. The first-order chi connectivity index (χ1) is 8.65. The van der Waals surface area contributed by atoms with E-state index in [4.69, 9.17) is 11.6 Å². The van der Waals surface area contributed by atoms with E-state index in [-0.39, 0.29) is 0 Å². The molecular formula is C13H19BrClN3. The Morgan fingerprint density at radius 1 is 1.50 bits per heavy atom. The zero-order valence-corrected chi connectivity index (χ0v) is 13.2. The average Bonchev–Trinajstić information content (AvgIpc) is 2.80. The van der Waals surface area contributed by atoms with Crippen LogP contribution in [0.1, 0.15) is 20.3 Å². The fraction of sp³-hybridized carbons (Fsp3) is 0.615. The van der Waals surface area contributed by atoms with Crippen LogP contribution in [0.15, 0.2) is 16.7 Å². The average molecular weight is 333 g/mol. The van der Waals surface area contributed by atoms with Crippen LogP contribution in [0.4, 0.5) is 5.82 Å². The molecule has 0 N–H and O–H groups in total. The maximum Gasteiger partial charge on any atom is 0.143 e. The molecule has 0 aliphatic carbocycles. The van der Waals surface area contributed by atoms with E-state index in [0.29, 0.717) is 11.1 Å². The van der Waals surface area contributed by atoms with Crippen molar-refractivity contribution in [1.29, 1.82) is 0 Å². The van der Waals surface area contributed by atoms with Gasteiger partial charge in [-0.1, -0.05) is 25.4 Å². The molecule has 2 rings (SSSR count). The molecule has 1 aliphatic heterocycles. The second-order valence-corrected chi connectivity index (χ2v) is 5.86. The third-order valence-electron chi connectivity index (χ3n) is 3.58. The maximum atomic E-state index is 5.93. The van der Waals surface area contributed by atoms with Crippen LogP contribution >= 0.6 is 27.5 Å². The lowest BCUT2D eigenvalue weighted by atomic mass is 10.2. The largest absolute Gasteiger partial charge is 0.354 e. The Labute approximate surface area is 122 Å². The molecule has 3 nitrogen and oxygen atoms in total. The van der Waals surface area contributed by atoms with Crippen molar-refractivity contribution in [2.75, 3.05) is 31.1 Å². The zero-order chi connectivity index (χ0) is 13.1. The van der Waals surface area contributed by atoms with E-state index in [0.717, 1.165) is 36.5 Å². The Kier molecular flexibility index (Phi) is 4.87. The molecule has 0 amide bonds. The van der Waals surface area contributed by atoms with Crippen molar-refractivity contribution in [3.8, 4) is 0 Å². The van der Waals surface area contributed by atoms with Crippen LogP contribution in [-0.2, 0) is 0 Å². The van der Waals surface area contributed by atoms with Crippen molar-refractivity contribution in [3.05, 3.63) is 21.8 Å². The third kappa shape index (κ3) is 2.98. The van der Waals surface area contributed by atoms with Crippen LogP contribution in [0.25, 0.3) is 0 Å². The fourth-order valence-corrected chi connectivity index (χ4v) is 3.50. The number of hydrogen-bond donors (Lipinski definition) is 0. The molecule has 1 fully saturated rings. The topological polar surface area (TPSA) is 19.4 Å². The van der Waals surface area contributed by atoms with E-state index in [2.05, 4.69) is 44.6 Å². The summed E-state index contributed by atoms with van der Waals surface area (Å²) in [4.78, 5) is 9.29. The van der Waals surface area contributed by atoms with Crippen LogP contribution in [-0.4, -0.2) is 42.1 Å². The monoisotopic (exact) mass is 331 g/mol. The van der Waals surface area contributed by atoms with Crippen molar-refractivity contribution in [2.24, 2.45) is 0 Å². The first-order valence-corrected chi connectivity index (χ1v) is 7.62. The number of halogens is 2. The molecule has 0 spiro atoms. The Bertz CT molecular complexity index is 409. The van der Waals surface area contributed by atoms with E-state index in [1.165, 1.54) is 6.42 Å². The predicted molar refractivity (Wildman–Crippen MR) is 80.5 cm³/mol. The van der Waals surface area contributed by atoms with Crippen LogP contribution in [0.2, 0.25) is 5.02 Å². The highest BCUT2D eigenvalue weighted by atomic mass is 79.9. The lowest BCUT2D eigenvalue weighted by Gasteiger charge is -2.26. The van der Waals surface area contributed by atoms with Gasteiger partial charge in [-0.15, -0.1) is 0 Å². The number of pyridine rings is 1. The summed E-state index contributed by atoms with van der Waals surface area (Å²) in [7, 11) is 0. The molecule has 0 radical (unpaired) electrons. The summed E-state index contributed by atoms with van der Waals surface area (Å²) < 4.78 is 0.982. The quantitative estimate of drug-likeness (QED) is 0.842. The van der Waals surface area contributed by atoms with Crippen LogP contribution < -0.4 is 4.90 Å². The Hall–Kier alpha value is -0.320. The summed E-state index contributed by atoms with van der Waals surface area (Å²) in [6.45, 7) is 8.79. The maximum absolute atomic E-state index is 5.93. The lowest BCUT2D eigenvalue weighted by molar-refractivity contribution is 0.232. The van der Waals surface area contributed by atoms with Gasteiger partial charge in [-0.3, -0.25) is 4.90 Å². The van der Waals surface area contributed by atoms with Gasteiger partial charge in [-0.2, -0.15) is 0 Å². The third-order valence-corrected chi connectivity index (χ3v) is 4.37. The Balaban J connectivity index is 2.08. The summed E-state index contributed by atoms with van der Waals surface area (Å²) in [5, 5.41) is 0.671. The van der Waals surface area contributed by atoms with E-state index < -0.39 is 0 Å². The van der Waals surface area contributed by atoms with Crippen molar-refractivity contribution in [1.82, 2.24) is 9.88 Å². The highest BCUT2D eigenvalue weighted by Crippen LogP contribution is 2.29. The molecule has 1 aromatic heterocycles. The molecule has 1 unspecified atom stereocenters. The standard InChI is InChI=1S/C13H19BrClN3/c1-3-17(4-2)11-5-6-18(9-11)13-12(14)7-10(15)8-16-13/h7-8,11H,3-6,9H2,1-2H3. The second-order valence-electron chi connectivity index (χ2n) is 4.57. The molecule has 0 bridgehead atoms. The molecule has 0 saturated carbocycles. The number of aromatic nitrogens is 1. The molecular weight excluding hydrogens is 314 g/mol. The van der Waals surface area contributed by atoms with Gasteiger partial charge in [0.25, 0.3) is 0 Å². The Morgan fingerprint density at radius 3 is 2.83 bits per heavy atom. The summed E-state index contributed by atoms with van der Waals surface area (Å²) in [5.41, 5.74) is 0. The van der Waals surface area contributed by atoms with Gasteiger partial charge in [0.1, 0.15) is 5.82 Å². The number of anilines is 1. The summed E-state index contributed by atoms with van der Waals surface area (Å²) in [5.74, 6) is 1.01. The SMILES string of the molecule is CCN(CC)C1CCN(c2ncc(Cl)cc2Br)C1. The number of hydrogen-bond acceptors (Lipinski definition) is 3. The van der Waals surface area contributed by atoms with Gasteiger partial charge >= 0.3 is 0 Å². The molecule has 1 aromatic rings. The van der Waals surface area contributed by atoms with E-state index in [1.54, 1.807) is 6.20 Å². The highest BCUT2D eigenvalue weighted by molar-refractivity contribution is 9.10. The van der Waals surface area contributed by atoms with Crippen molar-refractivity contribution >= 4 is 33.3 Å². The highest BCUT2D eigenvalue weighted by Gasteiger charge is 2.27. The van der Waals surface area contributed by atoms with Gasteiger partial charge in [0, 0.05) is 25.3 Å². The number of nitrogens with zero attached hydrogens (tertiary/aromatic N) is 3. The normalized spacial score (nSPS) is 19.8. The molecule has 18 heavy (non-hydrogen) atoms. The van der Waals surface area contributed by atoms with Gasteiger partial charge in [0.05, 0.1) is 9.50 Å².